The first-order chi connectivity index (χ1) is 17.0. The molecule has 35 heavy (non-hydrogen) atoms. The van der Waals surface area contributed by atoms with Crippen molar-refractivity contribution in [3.05, 3.63) is 29.3 Å². The van der Waals surface area contributed by atoms with Gasteiger partial charge >= 0.3 is 0 Å². The van der Waals surface area contributed by atoms with Crippen LogP contribution in [0.3, 0.4) is 0 Å². The molecule has 1 unspecified atom stereocenters. The van der Waals surface area contributed by atoms with Crippen molar-refractivity contribution in [2.24, 2.45) is 0 Å². The molecule has 1 atom stereocenters. The number of fused-ring (bicyclic) bond motifs is 1. The quantitative estimate of drug-likeness (QED) is 0.367. The highest BCUT2D eigenvalue weighted by atomic mass is 16.5. The SMILES string of the molecule is O=C(CN1CCCCC1)NCCCCCCOc1ccc2c(c1)CN(C1CCC(=O)NC1=O)C2=O. The Kier molecular flexibility index (Phi) is 8.74. The lowest BCUT2D eigenvalue weighted by molar-refractivity contribution is -0.137. The predicted octanol–water partition coefficient (Wildman–Crippen LogP) is 1.99. The maximum atomic E-state index is 12.8. The minimum Gasteiger partial charge on any atom is -0.494 e. The van der Waals surface area contributed by atoms with E-state index in [4.69, 9.17) is 4.74 Å². The maximum Gasteiger partial charge on any atom is 0.255 e. The van der Waals surface area contributed by atoms with Gasteiger partial charge in [0.1, 0.15) is 11.8 Å². The summed E-state index contributed by atoms with van der Waals surface area (Å²) in [5, 5.41) is 5.34. The molecule has 1 aromatic carbocycles. The third kappa shape index (κ3) is 6.81. The van der Waals surface area contributed by atoms with Crippen molar-refractivity contribution in [2.75, 3.05) is 32.8 Å². The number of unbranched alkanes of at least 4 members (excludes halogenated alkanes) is 3. The van der Waals surface area contributed by atoms with E-state index in [1.807, 2.05) is 6.07 Å². The number of carbonyl (C=O) groups excluding carboxylic acids is 4. The van der Waals surface area contributed by atoms with E-state index in [0.29, 0.717) is 37.4 Å². The largest absolute Gasteiger partial charge is 0.494 e. The second-order valence-corrected chi connectivity index (χ2v) is 9.67. The summed E-state index contributed by atoms with van der Waals surface area (Å²) in [4.78, 5) is 52.1. The number of benzene rings is 1. The fourth-order valence-electron chi connectivity index (χ4n) is 5.02. The smallest absolute Gasteiger partial charge is 0.255 e. The third-order valence-electron chi connectivity index (χ3n) is 6.97. The van der Waals surface area contributed by atoms with Gasteiger partial charge in [-0.25, -0.2) is 0 Å². The number of nitrogens with zero attached hydrogens (tertiary/aromatic N) is 2. The zero-order valence-electron chi connectivity index (χ0n) is 20.4. The highest BCUT2D eigenvalue weighted by Crippen LogP contribution is 2.30. The van der Waals surface area contributed by atoms with Crippen LogP contribution in [-0.4, -0.2) is 72.3 Å². The van der Waals surface area contributed by atoms with Gasteiger partial charge in [0.25, 0.3) is 5.91 Å². The second kappa shape index (κ2) is 12.2. The van der Waals surface area contributed by atoms with E-state index < -0.39 is 11.9 Å². The van der Waals surface area contributed by atoms with Crippen LogP contribution in [0.25, 0.3) is 0 Å². The molecule has 2 N–H and O–H groups in total. The average Bonchev–Trinajstić information content (AvgIpc) is 3.17. The number of rotatable bonds is 11. The Bertz CT molecular complexity index is 944. The zero-order valence-corrected chi connectivity index (χ0v) is 20.4. The number of hydrogen-bond acceptors (Lipinski definition) is 6. The van der Waals surface area contributed by atoms with Crippen LogP contribution in [0.5, 0.6) is 5.75 Å². The summed E-state index contributed by atoms with van der Waals surface area (Å²) in [6.07, 6.45) is 8.20. The van der Waals surface area contributed by atoms with E-state index in [9.17, 15) is 19.2 Å². The maximum absolute atomic E-state index is 12.8. The van der Waals surface area contributed by atoms with E-state index in [1.54, 1.807) is 17.0 Å². The first kappa shape index (κ1) is 25.2. The number of imide groups is 1. The molecule has 0 saturated carbocycles. The molecular weight excluding hydrogens is 448 g/mol. The van der Waals surface area contributed by atoms with Gasteiger partial charge in [-0.15, -0.1) is 0 Å². The number of nitrogens with one attached hydrogen (secondary N) is 2. The highest BCUT2D eigenvalue weighted by molar-refractivity contribution is 6.05. The molecule has 0 aliphatic carbocycles. The van der Waals surface area contributed by atoms with Crippen molar-refractivity contribution in [3.63, 3.8) is 0 Å². The topological polar surface area (TPSA) is 108 Å². The molecule has 0 spiro atoms. The first-order valence-corrected chi connectivity index (χ1v) is 12.9. The summed E-state index contributed by atoms with van der Waals surface area (Å²) in [5.41, 5.74) is 1.43. The van der Waals surface area contributed by atoms with E-state index in [1.165, 1.54) is 19.3 Å². The molecule has 2 saturated heterocycles. The summed E-state index contributed by atoms with van der Waals surface area (Å²) < 4.78 is 5.88. The Morgan fingerprint density at radius 2 is 1.86 bits per heavy atom. The first-order valence-electron chi connectivity index (χ1n) is 12.9. The summed E-state index contributed by atoms with van der Waals surface area (Å²) >= 11 is 0. The number of hydrogen-bond donors (Lipinski definition) is 2. The molecule has 190 valence electrons. The molecule has 1 aromatic rings. The summed E-state index contributed by atoms with van der Waals surface area (Å²) in [6, 6.07) is 4.82. The van der Waals surface area contributed by atoms with E-state index >= 15 is 0 Å². The molecule has 3 aliphatic heterocycles. The molecule has 4 rings (SSSR count). The van der Waals surface area contributed by atoms with Gasteiger partial charge < -0.3 is 15.0 Å². The van der Waals surface area contributed by atoms with Crippen molar-refractivity contribution < 1.29 is 23.9 Å². The van der Waals surface area contributed by atoms with Crippen LogP contribution in [0, 0.1) is 0 Å². The lowest BCUT2D eigenvalue weighted by atomic mass is 10.0. The third-order valence-corrected chi connectivity index (χ3v) is 6.97. The lowest BCUT2D eigenvalue weighted by Gasteiger charge is -2.29. The number of amides is 4. The van der Waals surface area contributed by atoms with E-state index in [2.05, 4.69) is 15.5 Å². The minimum atomic E-state index is -0.605. The Labute approximate surface area is 206 Å². The Balaban J connectivity index is 1.10. The van der Waals surface area contributed by atoms with Gasteiger partial charge in [-0.2, -0.15) is 0 Å². The zero-order chi connectivity index (χ0) is 24.6. The second-order valence-electron chi connectivity index (χ2n) is 9.67. The number of piperidine rings is 2. The number of ether oxygens (including phenoxy) is 1. The van der Waals surface area contributed by atoms with Crippen molar-refractivity contribution in [3.8, 4) is 5.75 Å². The number of likely N-dealkylation sites (tertiary alicyclic amines) is 1. The predicted molar refractivity (Wildman–Crippen MR) is 130 cm³/mol. The highest BCUT2D eigenvalue weighted by Gasteiger charge is 2.39. The van der Waals surface area contributed by atoms with Crippen LogP contribution in [-0.2, 0) is 20.9 Å². The Morgan fingerprint density at radius 1 is 1.06 bits per heavy atom. The molecule has 0 bridgehead atoms. The van der Waals surface area contributed by atoms with Crippen LogP contribution in [0.4, 0.5) is 0 Å². The fraction of sp³-hybridized carbons (Fsp3) is 0.615. The molecule has 2 fully saturated rings. The van der Waals surface area contributed by atoms with Crippen LogP contribution >= 0.6 is 0 Å². The van der Waals surface area contributed by atoms with Gasteiger partial charge in [-0.1, -0.05) is 19.3 Å². The molecule has 3 heterocycles. The molecule has 9 nitrogen and oxygen atoms in total. The van der Waals surface area contributed by atoms with Crippen LogP contribution in [0.1, 0.15) is 73.7 Å². The standard InChI is InChI=1S/C26H36N4O5/c31-23-11-10-22(25(33)28-23)30-17-19-16-20(8-9-21(19)26(30)34)35-15-7-2-1-4-12-27-24(32)18-29-13-5-3-6-14-29/h8-9,16,22H,1-7,10-15,17-18H2,(H,27,32)(H,28,31,33). The Morgan fingerprint density at radius 3 is 2.66 bits per heavy atom. The number of carbonyl (C=O) groups is 4. The van der Waals surface area contributed by atoms with E-state index in [0.717, 1.165) is 50.9 Å². The molecule has 3 aliphatic rings. The normalized spacial score (nSPS) is 20.5. The monoisotopic (exact) mass is 484 g/mol. The van der Waals surface area contributed by atoms with Gasteiger partial charge in [0.2, 0.25) is 17.7 Å². The molecule has 0 radical (unpaired) electrons. The summed E-state index contributed by atoms with van der Waals surface area (Å²) in [6.45, 7) is 4.24. The van der Waals surface area contributed by atoms with Crippen LogP contribution in [0.15, 0.2) is 18.2 Å². The van der Waals surface area contributed by atoms with Crippen molar-refractivity contribution in [1.29, 1.82) is 0 Å². The Hall–Kier alpha value is -2.94. The van der Waals surface area contributed by atoms with Crippen LogP contribution < -0.4 is 15.4 Å². The van der Waals surface area contributed by atoms with Crippen LogP contribution in [0.2, 0.25) is 0 Å². The summed E-state index contributed by atoms with van der Waals surface area (Å²) in [7, 11) is 0. The van der Waals surface area contributed by atoms with Gasteiger partial charge in [-0.05, 0) is 69.0 Å². The van der Waals surface area contributed by atoms with Gasteiger partial charge in [0, 0.05) is 25.1 Å². The summed E-state index contributed by atoms with van der Waals surface area (Å²) in [5.74, 6) is -0.0265. The molecule has 0 aromatic heterocycles. The van der Waals surface area contributed by atoms with Crippen molar-refractivity contribution in [2.45, 2.75) is 70.4 Å². The average molecular weight is 485 g/mol. The van der Waals surface area contributed by atoms with Gasteiger partial charge in [-0.3, -0.25) is 29.4 Å². The minimum absolute atomic E-state index is 0.126. The van der Waals surface area contributed by atoms with Crippen molar-refractivity contribution >= 4 is 23.6 Å². The van der Waals surface area contributed by atoms with Crippen molar-refractivity contribution in [1.82, 2.24) is 20.4 Å². The lowest BCUT2D eigenvalue weighted by Crippen LogP contribution is -2.52. The van der Waals surface area contributed by atoms with Gasteiger partial charge in [0.05, 0.1) is 13.2 Å². The molecule has 4 amide bonds. The van der Waals surface area contributed by atoms with Gasteiger partial charge in [0.15, 0.2) is 0 Å². The molecule has 9 heteroatoms. The molecular formula is C26H36N4O5. The fourth-order valence-corrected chi connectivity index (χ4v) is 5.02. The van der Waals surface area contributed by atoms with E-state index in [-0.39, 0.29) is 24.1 Å².